The third-order valence-electron chi connectivity index (χ3n) is 4.71. The molecule has 0 aliphatic carbocycles. The number of benzene rings is 2. The van der Waals surface area contributed by atoms with Gasteiger partial charge in [-0.3, -0.25) is 4.79 Å². The molecule has 0 unspecified atom stereocenters. The summed E-state index contributed by atoms with van der Waals surface area (Å²) in [5, 5.41) is 5.43. The van der Waals surface area contributed by atoms with E-state index in [0.29, 0.717) is 40.3 Å². The number of aromatic nitrogens is 1. The lowest BCUT2D eigenvalue weighted by atomic mass is 10.0. The van der Waals surface area contributed by atoms with E-state index in [0.717, 1.165) is 16.8 Å². The Morgan fingerprint density at radius 2 is 1.82 bits per heavy atom. The Hall–Kier alpha value is -2.21. The van der Waals surface area contributed by atoms with Gasteiger partial charge in [0.15, 0.2) is 11.5 Å². The Bertz CT molecular complexity index is 1050. The molecule has 5 nitrogen and oxygen atoms in total. The van der Waals surface area contributed by atoms with Crippen molar-refractivity contribution in [2.45, 2.75) is 13.0 Å². The molecular formula is C20H15Cl3N2O3. The Labute approximate surface area is 176 Å². The molecule has 0 atom stereocenters. The van der Waals surface area contributed by atoms with E-state index in [1.807, 2.05) is 12.1 Å². The summed E-state index contributed by atoms with van der Waals surface area (Å²) in [4.78, 5) is 14.9. The number of halogens is 3. The Morgan fingerprint density at radius 1 is 1.11 bits per heavy atom. The van der Waals surface area contributed by atoms with Crippen LogP contribution in [-0.4, -0.2) is 29.6 Å². The van der Waals surface area contributed by atoms with Crippen molar-refractivity contribution in [2.75, 3.05) is 13.7 Å². The SMILES string of the molecule is COc1c(Cl)ccc(Cl)c1C(=O)N1CCc2noc(-c3ccc(Cl)cc3)c2C1. The van der Waals surface area contributed by atoms with Crippen LogP contribution < -0.4 is 4.74 Å². The minimum Gasteiger partial charge on any atom is -0.494 e. The minimum atomic E-state index is -0.252. The van der Waals surface area contributed by atoms with Gasteiger partial charge in [0, 0.05) is 29.1 Å². The third kappa shape index (κ3) is 3.34. The number of carbonyl (C=O) groups excluding carboxylic acids is 1. The summed E-state index contributed by atoms with van der Waals surface area (Å²) in [6, 6.07) is 10.5. The van der Waals surface area contributed by atoms with E-state index in [2.05, 4.69) is 5.16 Å². The summed E-state index contributed by atoms with van der Waals surface area (Å²) < 4.78 is 10.9. The normalized spacial score (nSPS) is 13.4. The van der Waals surface area contributed by atoms with E-state index in [1.54, 1.807) is 29.2 Å². The van der Waals surface area contributed by atoms with Crippen LogP contribution in [0.1, 0.15) is 21.6 Å². The molecule has 0 saturated carbocycles. The topological polar surface area (TPSA) is 55.6 Å². The average Bonchev–Trinajstić information content (AvgIpc) is 3.12. The zero-order valence-corrected chi connectivity index (χ0v) is 17.1. The average molecular weight is 438 g/mol. The Kier molecular flexibility index (Phi) is 5.23. The fraction of sp³-hybridized carbons (Fsp3) is 0.200. The quantitative estimate of drug-likeness (QED) is 0.542. The molecule has 4 rings (SSSR count). The van der Waals surface area contributed by atoms with Crippen LogP contribution in [0.25, 0.3) is 11.3 Å². The maximum absolute atomic E-state index is 13.2. The summed E-state index contributed by atoms with van der Waals surface area (Å²) in [5.74, 6) is 0.653. The number of methoxy groups -OCH3 is 1. The molecule has 0 radical (unpaired) electrons. The first kappa shape index (κ1) is 19.1. The Morgan fingerprint density at radius 3 is 2.54 bits per heavy atom. The van der Waals surface area contributed by atoms with Crippen molar-refractivity contribution in [3.05, 3.63) is 68.3 Å². The number of carbonyl (C=O) groups is 1. The lowest BCUT2D eigenvalue weighted by molar-refractivity contribution is 0.0731. The van der Waals surface area contributed by atoms with Gasteiger partial charge in [0.05, 0.1) is 29.4 Å². The van der Waals surface area contributed by atoms with E-state index in [1.165, 1.54) is 7.11 Å². The van der Waals surface area contributed by atoms with Crippen molar-refractivity contribution >= 4 is 40.7 Å². The van der Waals surface area contributed by atoms with E-state index >= 15 is 0 Å². The summed E-state index contributed by atoms with van der Waals surface area (Å²) >= 11 is 18.4. The summed E-state index contributed by atoms with van der Waals surface area (Å²) in [7, 11) is 1.46. The van der Waals surface area contributed by atoms with Crippen LogP contribution >= 0.6 is 34.8 Å². The maximum atomic E-state index is 13.2. The van der Waals surface area contributed by atoms with Crippen molar-refractivity contribution in [1.29, 1.82) is 0 Å². The van der Waals surface area contributed by atoms with Crippen LogP contribution in [0.15, 0.2) is 40.9 Å². The first-order valence-electron chi connectivity index (χ1n) is 8.54. The van der Waals surface area contributed by atoms with Crippen molar-refractivity contribution in [1.82, 2.24) is 10.1 Å². The lowest BCUT2D eigenvalue weighted by Crippen LogP contribution is -2.36. The molecule has 144 valence electrons. The summed E-state index contributed by atoms with van der Waals surface area (Å²) in [6.45, 7) is 0.839. The van der Waals surface area contributed by atoms with Gasteiger partial charge in [-0.25, -0.2) is 0 Å². The van der Waals surface area contributed by atoms with Crippen LogP contribution in [0.4, 0.5) is 0 Å². The highest BCUT2D eigenvalue weighted by Crippen LogP contribution is 2.37. The van der Waals surface area contributed by atoms with E-state index in [4.69, 9.17) is 44.1 Å². The van der Waals surface area contributed by atoms with Gasteiger partial charge < -0.3 is 14.2 Å². The molecule has 0 spiro atoms. The van der Waals surface area contributed by atoms with E-state index < -0.39 is 0 Å². The van der Waals surface area contributed by atoms with Crippen molar-refractivity contribution in [3.63, 3.8) is 0 Å². The van der Waals surface area contributed by atoms with Crippen LogP contribution in [0, 0.1) is 0 Å². The second kappa shape index (κ2) is 7.66. The first-order valence-corrected chi connectivity index (χ1v) is 9.67. The molecule has 1 aliphatic rings. The molecule has 2 heterocycles. The fourth-order valence-corrected chi connectivity index (χ4v) is 3.89. The van der Waals surface area contributed by atoms with Crippen LogP contribution in [0.5, 0.6) is 5.75 Å². The van der Waals surface area contributed by atoms with Crippen LogP contribution in [-0.2, 0) is 13.0 Å². The molecule has 8 heteroatoms. The first-order chi connectivity index (χ1) is 13.5. The highest BCUT2D eigenvalue weighted by atomic mass is 35.5. The number of nitrogens with zero attached hydrogens (tertiary/aromatic N) is 2. The molecule has 1 aliphatic heterocycles. The molecule has 1 amide bonds. The number of hydrogen-bond acceptors (Lipinski definition) is 4. The number of amides is 1. The van der Waals surface area contributed by atoms with Gasteiger partial charge in [-0.1, -0.05) is 40.0 Å². The zero-order valence-electron chi connectivity index (χ0n) is 14.8. The second-order valence-corrected chi connectivity index (χ2v) is 7.61. The minimum absolute atomic E-state index is 0.252. The van der Waals surface area contributed by atoms with Gasteiger partial charge in [0.25, 0.3) is 5.91 Å². The maximum Gasteiger partial charge on any atom is 0.259 e. The monoisotopic (exact) mass is 436 g/mol. The Balaban J connectivity index is 1.68. The fourth-order valence-electron chi connectivity index (χ4n) is 3.30. The summed E-state index contributed by atoms with van der Waals surface area (Å²) in [6.07, 6.45) is 0.582. The lowest BCUT2D eigenvalue weighted by Gasteiger charge is -2.27. The van der Waals surface area contributed by atoms with Gasteiger partial charge in [0.2, 0.25) is 0 Å². The smallest absolute Gasteiger partial charge is 0.259 e. The molecule has 0 saturated heterocycles. The molecule has 1 aromatic heterocycles. The molecule has 0 bridgehead atoms. The molecular weight excluding hydrogens is 423 g/mol. The number of hydrogen-bond donors (Lipinski definition) is 0. The standard InChI is InChI=1S/C20H15Cl3N2O3/c1-27-19-15(23)7-6-14(22)17(19)20(26)25-9-8-16-13(10-25)18(28-24-16)11-2-4-12(21)5-3-11/h2-7H,8-10H2,1H3. The van der Waals surface area contributed by atoms with Crippen molar-refractivity contribution in [2.24, 2.45) is 0 Å². The predicted molar refractivity (Wildman–Crippen MR) is 108 cm³/mol. The molecule has 2 aromatic carbocycles. The number of fused-ring (bicyclic) bond motifs is 1. The van der Waals surface area contributed by atoms with Gasteiger partial charge in [-0.15, -0.1) is 0 Å². The highest BCUT2D eigenvalue weighted by Gasteiger charge is 2.31. The largest absolute Gasteiger partial charge is 0.494 e. The van der Waals surface area contributed by atoms with Crippen molar-refractivity contribution < 1.29 is 14.1 Å². The van der Waals surface area contributed by atoms with Gasteiger partial charge in [0.1, 0.15) is 5.56 Å². The number of rotatable bonds is 3. The van der Waals surface area contributed by atoms with E-state index in [9.17, 15) is 4.79 Å². The third-order valence-corrected chi connectivity index (χ3v) is 5.57. The molecule has 0 N–H and O–H groups in total. The highest BCUT2D eigenvalue weighted by molar-refractivity contribution is 6.37. The molecule has 3 aromatic rings. The van der Waals surface area contributed by atoms with Gasteiger partial charge >= 0.3 is 0 Å². The molecule has 0 fully saturated rings. The summed E-state index contributed by atoms with van der Waals surface area (Å²) in [5.41, 5.74) is 2.83. The number of ether oxygens (including phenoxy) is 1. The van der Waals surface area contributed by atoms with E-state index in [-0.39, 0.29) is 17.2 Å². The molecule has 28 heavy (non-hydrogen) atoms. The van der Waals surface area contributed by atoms with Crippen molar-refractivity contribution in [3.8, 4) is 17.1 Å². The van der Waals surface area contributed by atoms with Crippen LogP contribution in [0.3, 0.4) is 0 Å². The van der Waals surface area contributed by atoms with Gasteiger partial charge in [-0.2, -0.15) is 0 Å². The second-order valence-electron chi connectivity index (χ2n) is 6.36. The van der Waals surface area contributed by atoms with Crippen LogP contribution in [0.2, 0.25) is 15.1 Å². The zero-order chi connectivity index (χ0) is 19.8. The predicted octanol–water partition coefficient (Wildman–Crippen LogP) is 5.51. The van der Waals surface area contributed by atoms with Gasteiger partial charge in [-0.05, 0) is 36.4 Å².